The van der Waals surface area contributed by atoms with Crippen LogP contribution >= 0.6 is 0 Å². The van der Waals surface area contributed by atoms with Crippen molar-refractivity contribution in [2.24, 2.45) is 5.73 Å². The van der Waals surface area contributed by atoms with E-state index in [2.05, 4.69) is 0 Å². The fraction of sp³-hybridized carbons (Fsp3) is 0.500. The largest absolute Gasteiger partial charge is 0.497 e. The van der Waals surface area contributed by atoms with Crippen LogP contribution in [0.5, 0.6) is 11.5 Å². The Morgan fingerprint density at radius 2 is 1.93 bits per heavy atom. The third kappa shape index (κ3) is 3.80. The smallest absolute Gasteiger partial charge is 0.123 e. The number of hydrogen-bond donors (Lipinski definition) is 1. The molecule has 0 amide bonds. The minimum absolute atomic E-state index is 0.235. The van der Waals surface area contributed by atoms with Crippen molar-refractivity contribution in [1.29, 1.82) is 0 Å². The van der Waals surface area contributed by atoms with Gasteiger partial charge in [0.05, 0.1) is 7.11 Å². The van der Waals surface area contributed by atoms with E-state index in [4.69, 9.17) is 15.2 Å². The van der Waals surface area contributed by atoms with E-state index in [0.29, 0.717) is 6.54 Å². The van der Waals surface area contributed by atoms with Crippen molar-refractivity contribution in [2.75, 3.05) is 13.7 Å². The molecule has 84 valence electrons. The molecule has 0 bridgehead atoms. The van der Waals surface area contributed by atoms with Gasteiger partial charge >= 0.3 is 0 Å². The molecule has 0 atom stereocenters. The summed E-state index contributed by atoms with van der Waals surface area (Å²) in [5, 5.41) is 0. The number of nitrogens with two attached hydrogens (primary N) is 1. The lowest BCUT2D eigenvalue weighted by Gasteiger charge is -2.26. The van der Waals surface area contributed by atoms with Crippen LogP contribution in [0.4, 0.5) is 0 Å². The summed E-state index contributed by atoms with van der Waals surface area (Å²) in [5.41, 5.74) is 5.28. The lowest BCUT2D eigenvalue weighted by molar-refractivity contribution is 0.102. The average Bonchev–Trinajstić information content (AvgIpc) is 2.17. The molecule has 0 radical (unpaired) electrons. The van der Waals surface area contributed by atoms with Gasteiger partial charge in [-0.15, -0.1) is 0 Å². The van der Waals surface area contributed by atoms with Crippen LogP contribution in [0, 0.1) is 0 Å². The first-order chi connectivity index (χ1) is 7.07. The quantitative estimate of drug-likeness (QED) is 0.808. The van der Waals surface area contributed by atoms with Gasteiger partial charge in [0, 0.05) is 6.07 Å². The van der Waals surface area contributed by atoms with E-state index in [1.807, 2.05) is 38.1 Å². The summed E-state index contributed by atoms with van der Waals surface area (Å²) >= 11 is 0. The fourth-order valence-corrected chi connectivity index (χ4v) is 1.38. The molecule has 2 N–H and O–H groups in total. The Balaban J connectivity index is 2.71. The Hall–Kier alpha value is -1.22. The maximum absolute atomic E-state index is 5.82. The third-order valence-corrected chi connectivity index (χ3v) is 2.18. The Bertz CT molecular complexity index is 310. The summed E-state index contributed by atoms with van der Waals surface area (Å²) in [6.45, 7) is 4.68. The zero-order valence-electron chi connectivity index (χ0n) is 9.62. The fourth-order valence-electron chi connectivity index (χ4n) is 1.38. The predicted octanol–water partition coefficient (Wildman–Crippen LogP) is 2.20. The van der Waals surface area contributed by atoms with Gasteiger partial charge in [-0.2, -0.15) is 0 Å². The molecule has 3 heteroatoms. The first-order valence-corrected chi connectivity index (χ1v) is 5.10. The normalized spacial score (nSPS) is 11.2. The standard InChI is InChI=1S/C12H19NO2/c1-12(2,7-8-13)15-11-6-4-5-10(9-11)14-3/h4-6,9H,7-8,13H2,1-3H3. The highest BCUT2D eigenvalue weighted by molar-refractivity contribution is 5.33. The zero-order chi connectivity index (χ0) is 11.3. The van der Waals surface area contributed by atoms with E-state index in [-0.39, 0.29) is 5.60 Å². The molecule has 0 saturated heterocycles. The summed E-state index contributed by atoms with van der Waals surface area (Å²) in [6, 6.07) is 7.59. The van der Waals surface area contributed by atoms with Gasteiger partial charge < -0.3 is 15.2 Å². The Morgan fingerprint density at radius 3 is 2.53 bits per heavy atom. The number of methoxy groups -OCH3 is 1. The van der Waals surface area contributed by atoms with Crippen molar-refractivity contribution in [3.05, 3.63) is 24.3 Å². The maximum atomic E-state index is 5.82. The second kappa shape index (κ2) is 5.03. The third-order valence-electron chi connectivity index (χ3n) is 2.18. The van der Waals surface area contributed by atoms with Crippen molar-refractivity contribution in [3.63, 3.8) is 0 Å². The van der Waals surface area contributed by atoms with E-state index in [0.717, 1.165) is 17.9 Å². The maximum Gasteiger partial charge on any atom is 0.123 e. The van der Waals surface area contributed by atoms with Gasteiger partial charge in [0.2, 0.25) is 0 Å². The minimum Gasteiger partial charge on any atom is -0.497 e. The average molecular weight is 209 g/mol. The van der Waals surface area contributed by atoms with Gasteiger partial charge in [-0.25, -0.2) is 0 Å². The minimum atomic E-state index is -0.235. The Morgan fingerprint density at radius 1 is 1.27 bits per heavy atom. The molecule has 0 aromatic heterocycles. The van der Waals surface area contributed by atoms with Crippen LogP contribution in [-0.4, -0.2) is 19.3 Å². The number of rotatable bonds is 5. The number of benzene rings is 1. The molecular weight excluding hydrogens is 190 g/mol. The van der Waals surface area contributed by atoms with Crippen molar-refractivity contribution >= 4 is 0 Å². The van der Waals surface area contributed by atoms with Crippen LogP contribution in [-0.2, 0) is 0 Å². The lowest BCUT2D eigenvalue weighted by Crippen LogP contribution is -2.31. The summed E-state index contributed by atoms with van der Waals surface area (Å²) in [4.78, 5) is 0. The first kappa shape index (κ1) is 11.9. The topological polar surface area (TPSA) is 44.5 Å². The Labute approximate surface area is 91.2 Å². The molecule has 0 unspecified atom stereocenters. The summed E-state index contributed by atoms with van der Waals surface area (Å²) in [5.74, 6) is 1.61. The molecule has 0 aliphatic heterocycles. The zero-order valence-corrected chi connectivity index (χ0v) is 9.62. The summed E-state index contributed by atoms with van der Waals surface area (Å²) < 4.78 is 10.9. The van der Waals surface area contributed by atoms with E-state index in [1.54, 1.807) is 7.11 Å². The van der Waals surface area contributed by atoms with Crippen LogP contribution in [0.25, 0.3) is 0 Å². The van der Waals surface area contributed by atoms with Gasteiger partial charge in [0.1, 0.15) is 17.1 Å². The van der Waals surface area contributed by atoms with Crippen LogP contribution in [0.1, 0.15) is 20.3 Å². The molecule has 1 aromatic rings. The van der Waals surface area contributed by atoms with E-state index < -0.39 is 0 Å². The Kier molecular flexibility index (Phi) is 3.97. The molecule has 15 heavy (non-hydrogen) atoms. The van der Waals surface area contributed by atoms with Crippen molar-refractivity contribution in [2.45, 2.75) is 25.9 Å². The van der Waals surface area contributed by atoms with Crippen molar-refractivity contribution in [1.82, 2.24) is 0 Å². The van der Waals surface area contributed by atoms with Crippen molar-refractivity contribution < 1.29 is 9.47 Å². The molecule has 0 fully saturated rings. The number of ether oxygens (including phenoxy) is 2. The first-order valence-electron chi connectivity index (χ1n) is 5.10. The van der Waals surface area contributed by atoms with Crippen LogP contribution in [0.15, 0.2) is 24.3 Å². The highest BCUT2D eigenvalue weighted by Crippen LogP contribution is 2.24. The second-order valence-corrected chi connectivity index (χ2v) is 4.08. The molecule has 0 saturated carbocycles. The monoisotopic (exact) mass is 209 g/mol. The van der Waals surface area contributed by atoms with Crippen molar-refractivity contribution in [3.8, 4) is 11.5 Å². The van der Waals surface area contributed by atoms with Crippen LogP contribution in [0.3, 0.4) is 0 Å². The molecule has 1 aromatic carbocycles. The predicted molar refractivity (Wildman–Crippen MR) is 61.4 cm³/mol. The molecule has 0 aliphatic carbocycles. The molecular formula is C12H19NO2. The van der Waals surface area contributed by atoms with E-state index >= 15 is 0 Å². The van der Waals surface area contributed by atoms with E-state index in [9.17, 15) is 0 Å². The van der Waals surface area contributed by atoms with Gasteiger partial charge in [-0.3, -0.25) is 0 Å². The van der Waals surface area contributed by atoms with Crippen LogP contribution < -0.4 is 15.2 Å². The molecule has 0 heterocycles. The van der Waals surface area contributed by atoms with Gasteiger partial charge in [-0.1, -0.05) is 6.07 Å². The molecule has 1 rings (SSSR count). The molecule has 0 aliphatic rings. The van der Waals surface area contributed by atoms with Gasteiger partial charge in [0.15, 0.2) is 0 Å². The summed E-state index contributed by atoms with van der Waals surface area (Å²) in [7, 11) is 1.64. The molecule has 0 spiro atoms. The SMILES string of the molecule is COc1cccc(OC(C)(C)CCN)c1. The van der Waals surface area contributed by atoms with Crippen LogP contribution in [0.2, 0.25) is 0 Å². The highest BCUT2D eigenvalue weighted by atomic mass is 16.5. The highest BCUT2D eigenvalue weighted by Gasteiger charge is 2.18. The van der Waals surface area contributed by atoms with Gasteiger partial charge in [-0.05, 0) is 38.9 Å². The second-order valence-electron chi connectivity index (χ2n) is 4.08. The lowest BCUT2D eigenvalue weighted by atomic mass is 10.1. The summed E-state index contributed by atoms with van der Waals surface area (Å²) in [6.07, 6.45) is 0.824. The molecule has 3 nitrogen and oxygen atoms in total. The van der Waals surface area contributed by atoms with E-state index in [1.165, 1.54) is 0 Å². The number of hydrogen-bond acceptors (Lipinski definition) is 3. The van der Waals surface area contributed by atoms with Gasteiger partial charge in [0.25, 0.3) is 0 Å².